The van der Waals surface area contributed by atoms with E-state index in [0.717, 1.165) is 18.5 Å². The topological polar surface area (TPSA) is 3.24 Å². The highest BCUT2D eigenvalue weighted by atomic mass is 15.1. The molecule has 286 valence electrons. The zero-order valence-corrected chi connectivity index (χ0v) is 33.8. The van der Waals surface area contributed by atoms with Crippen molar-refractivity contribution in [2.45, 2.75) is 12.8 Å². The van der Waals surface area contributed by atoms with E-state index in [1.807, 2.05) is 6.08 Å². The third-order valence-electron chi connectivity index (χ3n) is 13.1. The Balaban J connectivity index is 1.05. The summed E-state index contributed by atoms with van der Waals surface area (Å²) in [5.74, 6) is 0. The molecule has 10 aromatic rings. The van der Waals surface area contributed by atoms with E-state index in [2.05, 4.69) is 218 Å². The molecule has 12 rings (SSSR count). The molecule has 2 aliphatic rings. The van der Waals surface area contributed by atoms with Crippen molar-refractivity contribution >= 4 is 60.5 Å². The second kappa shape index (κ2) is 14.2. The highest BCUT2D eigenvalue weighted by molar-refractivity contribution is 6.28. The molecule has 0 heterocycles. The smallest absolute Gasteiger partial charge is 0.0540 e. The third kappa shape index (κ3) is 5.55. The predicted molar refractivity (Wildman–Crippen MR) is 260 cm³/mol. The highest BCUT2D eigenvalue weighted by Gasteiger charge is 2.29. The molecule has 0 saturated carbocycles. The van der Waals surface area contributed by atoms with Gasteiger partial charge < -0.3 is 4.90 Å². The van der Waals surface area contributed by atoms with E-state index in [1.165, 1.54) is 116 Å². The van der Waals surface area contributed by atoms with Gasteiger partial charge in [-0.15, -0.1) is 0 Å². The molecular weight excluding hydrogens is 735 g/mol. The van der Waals surface area contributed by atoms with Crippen molar-refractivity contribution in [3.8, 4) is 33.4 Å². The van der Waals surface area contributed by atoms with Gasteiger partial charge in [0.05, 0.1) is 11.4 Å². The highest BCUT2D eigenvalue weighted by Crippen LogP contribution is 2.51. The summed E-state index contributed by atoms with van der Waals surface area (Å²) >= 11 is 0. The SMILES string of the molecule is C=C/C=C\C1=C(c2ccc3ccc4c(N(c5ccccc5)c5cccc6c5Cc5c(-c7ccccc7)cccc5-6)ccc5ccc2c3c54)Cc2c1cccc2-c1ccccc1. The Morgan fingerprint density at radius 1 is 0.393 bits per heavy atom. The molecule has 0 unspecified atom stereocenters. The monoisotopic (exact) mass is 775 g/mol. The Bertz CT molecular complexity index is 3410. The summed E-state index contributed by atoms with van der Waals surface area (Å²) in [6.45, 7) is 4.04. The number of benzene rings is 10. The van der Waals surface area contributed by atoms with Gasteiger partial charge in [0.1, 0.15) is 0 Å². The standard InChI is InChI=1S/C60H41N/c1-2-3-22-46-47-25-13-23-44(39-16-7-4-8-17-39)53(47)37-55(46)50-33-29-41-31-35-52-58(36-32-42-30-34-51(50)59(41)60(42)52)61(43-20-11-6-12-21-43)57-28-15-27-49-48-26-14-24-45(54(48)38-56(49)57)40-18-9-5-10-19-40/h2-36H,1,37-38H2/b22-3-. The van der Waals surface area contributed by atoms with Gasteiger partial charge in [0, 0.05) is 17.5 Å². The summed E-state index contributed by atoms with van der Waals surface area (Å²) < 4.78 is 0. The predicted octanol–water partition coefficient (Wildman–Crippen LogP) is 16.2. The normalized spacial score (nSPS) is 13.0. The van der Waals surface area contributed by atoms with Crippen LogP contribution in [0.2, 0.25) is 0 Å². The zero-order valence-electron chi connectivity index (χ0n) is 33.8. The second-order valence-electron chi connectivity index (χ2n) is 16.3. The number of para-hydroxylation sites is 1. The molecule has 61 heavy (non-hydrogen) atoms. The molecule has 1 nitrogen and oxygen atoms in total. The van der Waals surface area contributed by atoms with Crippen molar-refractivity contribution < 1.29 is 0 Å². The van der Waals surface area contributed by atoms with Crippen LogP contribution in [-0.2, 0) is 12.8 Å². The molecule has 0 bridgehead atoms. The summed E-state index contributed by atoms with van der Waals surface area (Å²) in [4.78, 5) is 2.51. The van der Waals surface area contributed by atoms with Crippen molar-refractivity contribution in [2.24, 2.45) is 0 Å². The van der Waals surface area contributed by atoms with E-state index in [0.29, 0.717) is 0 Å². The number of anilines is 3. The van der Waals surface area contributed by atoms with Crippen LogP contribution < -0.4 is 4.90 Å². The third-order valence-corrected chi connectivity index (χ3v) is 13.1. The van der Waals surface area contributed by atoms with E-state index in [-0.39, 0.29) is 0 Å². The van der Waals surface area contributed by atoms with E-state index >= 15 is 0 Å². The van der Waals surface area contributed by atoms with Crippen LogP contribution >= 0.6 is 0 Å². The van der Waals surface area contributed by atoms with Gasteiger partial charge in [0.15, 0.2) is 0 Å². The van der Waals surface area contributed by atoms with Crippen molar-refractivity contribution in [3.05, 3.63) is 247 Å². The first-order chi connectivity index (χ1) is 30.2. The maximum Gasteiger partial charge on any atom is 0.0540 e. The van der Waals surface area contributed by atoms with Gasteiger partial charge in [-0.3, -0.25) is 0 Å². The Hall–Kier alpha value is -7.74. The maximum absolute atomic E-state index is 4.04. The zero-order chi connectivity index (χ0) is 40.4. The van der Waals surface area contributed by atoms with Crippen LogP contribution in [0.25, 0.3) is 76.8 Å². The molecule has 0 saturated heterocycles. The van der Waals surface area contributed by atoms with Crippen LogP contribution in [0.4, 0.5) is 17.1 Å². The van der Waals surface area contributed by atoms with Crippen molar-refractivity contribution in [3.63, 3.8) is 0 Å². The van der Waals surface area contributed by atoms with E-state index in [9.17, 15) is 0 Å². The molecule has 0 atom stereocenters. The maximum atomic E-state index is 4.04. The lowest BCUT2D eigenvalue weighted by Gasteiger charge is -2.29. The molecule has 0 radical (unpaired) electrons. The van der Waals surface area contributed by atoms with Crippen molar-refractivity contribution in [2.75, 3.05) is 4.90 Å². The second-order valence-corrected chi connectivity index (χ2v) is 16.3. The summed E-state index contributed by atoms with van der Waals surface area (Å²) in [5, 5.41) is 7.67. The molecular formula is C60H41N. The number of hydrogen-bond donors (Lipinski definition) is 0. The molecule has 0 amide bonds. The van der Waals surface area contributed by atoms with Crippen LogP contribution in [0.1, 0.15) is 27.8 Å². The number of rotatable bonds is 8. The van der Waals surface area contributed by atoms with Crippen LogP contribution in [0.5, 0.6) is 0 Å². The Labute approximate surface area is 356 Å². The van der Waals surface area contributed by atoms with Gasteiger partial charge in [0.25, 0.3) is 0 Å². The molecule has 0 aliphatic heterocycles. The first kappa shape index (κ1) is 35.2. The van der Waals surface area contributed by atoms with Gasteiger partial charge in [0.2, 0.25) is 0 Å². The number of nitrogens with zero attached hydrogens (tertiary/aromatic N) is 1. The molecule has 1 heteroatoms. The number of fused-ring (bicyclic) bond motifs is 4. The van der Waals surface area contributed by atoms with Crippen LogP contribution in [0, 0.1) is 0 Å². The lowest BCUT2D eigenvalue weighted by Crippen LogP contribution is -2.12. The van der Waals surface area contributed by atoms with Crippen LogP contribution in [0.15, 0.2) is 219 Å². The average Bonchev–Trinajstić information content (AvgIpc) is 3.90. The molecule has 0 aromatic heterocycles. The first-order valence-corrected chi connectivity index (χ1v) is 21.3. The molecule has 0 spiro atoms. The fraction of sp³-hybridized carbons (Fsp3) is 0.0333. The average molecular weight is 776 g/mol. The Kier molecular flexibility index (Phi) is 8.21. The Morgan fingerprint density at radius 2 is 0.934 bits per heavy atom. The van der Waals surface area contributed by atoms with Gasteiger partial charge in [-0.05, 0) is 130 Å². The number of hydrogen-bond acceptors (Lipinski definition) is 1. The quantitative estimate of drug-likeness (QED) is 0.110. The number of allylic oxidation sites excluding steroid dienone is 5. The van der Waals surface area contributed by atoms with E-state index < -0.39 is 0 Å². The molecule has 0 N–H and O–H groups in total. The largest absolute Gasteiger partial charge is 0.310 e. The van der Waals surface area contributed by atoms with Crippen molar-refractivity contribution in [1.82, 2.24) is 0 Å². The molecule has 10 aromatic carbocycles. The summed E-state index contributed by atoms with van der Waals surface area (Å²) in [5.41, 5.74) is 20.7. The van der Waals surface area contributed by atoms with Gasteiger partial charge in [-0.2, -0.15) is 0 Å². The van der Waals surface area contributed by atoms with Gasteiger partial charge >= 0.3 is 0 Å². The lowest BCUT2D eigenvalue weighted by atomic mass is 9.87. The summed E-state index contributed by atoms with van der Waals surface area (Å²) in [6.07, 6.45) is 7.96. The van der Waals surface area contributed by atoms with Crippen LogP contribution in [-0.4, -0.2) is 0 Å². The summed E-state index contributed by atoms with van der Waals surface area (Å²) in [7, 11) is 0. The fourth-order valence-electron chi connectivity index (χ4n) is 10.5. The first-order valence-electron chi connectivity index (χ1n) is 21.3. The summed E-state index contributed by atoms with van der Waals surface area (Å²) in [6, 6.07) is 71.8. The van der Waals surface area contributed by atoms with Gasteiger partial charge in [-0.1, -0.05) is 195 Å². The lowest BCUT2D eigenvalue weighted by molar-refractivity contribution is 1.20. The van der Waals surface area contributed by atoms with Crippen molar-refractivity contribution in [1.29, 1.82) is 0 Å². The van der Waals surface area contributed by atoms with Gasteiger partial charge in [-0.25, -0.2) is 0 Å². The minimum absolute atomic E-state index is 0.863. The van der Waals surface area contributed by atoms with E-state index in [1.54, 1.807) is 0 Å². The minimum Gasteiger partial charge on any atom is -0.310 e. The fourth-order valence-corrected chi connectivity index (χ4v) is 10.5. The van der Waals surface area contributed by atoms with Crippen LogP contribution in [0.3, 0.4) is 0 Å². The molecule has 2 aliphatic carbocycles. The minimum atomic E-state index is 0.863. The molecule has 0 fully saturated rings. The Morgan fingerprint density at radius 3 is 1.62 bits per heavy atom. The van der Waals surface area contributed by atoms with E-state index in [4.69, 9.17) is 0 Å².